The van der Waals surface area contributed by atoms with Gasteiger partial charge in [-0.15, -0.1) is 0 Å². The van der Waals surface area contributed by atoms with E-state index in [2.05, 4.69) is 13.8 Å². The van der Waals surface area contributed by atoms with Gasteiger partial charge in [0.25, 0.3) is 0 Å². The molecule has 0 saturated heterocycles. The van der Waals surface area contributed by atoms with E-state index in [0.717, 1.165) is 25.5 Å². The van der Waals surface area contributed by atoms with E-state index >= 15 is 0 Å². The largest absolute Gasteiger partial charge is 0.464 e. The van der Waals surface area contributed by atoms with Crippen molar-refractivity contribution in [3.63, 3.8) is 0 Å². The van der Waals surface area contributed by atoms with E-state index in [1.165, 1.54) is 64.2 Å². The average Bonchev–Trinajstić information content (AvgIpc) is 2.57. The van der Waals surface area contributed by atoms with E-state index in [4.69, 9.17) is 9.47 Å². The Balaban J connectivity index is 3.44. The lowest BCUT2D eigenvalue weighted by Crippen LogP contribution is -2.02. The molecule has 0 aromatic carbocycles. The number of carbonyl (C=O) groups is 1. The second kappa shape index (κ2) is 19.2. The molecule has 0 aromatic rings. The third kappa shape index (κ3) is 17.4. The first-order chi connectivity index (χ1) is 11.3. The summed E-state index contributed by atoms with van der Waals surface area (Å²) in [6, 6.07) is 0. The summed E-state index contributed by atoms with van der Waals surface area (Å²) < 4.78 is 10.8. The van der Waals surface area contributed by atoms with Crippen molar-refractivity contribution in [2.24, 2.45) is 0 Å². The Labute approximate surface area is 143 Å². The number of aldehydes is 1. The van der Waals surface area contributed by atoms with E-state index in [-0.39, 0.29) is 6.79 Å². The van der Waals surface area contributed by atoms with Crippen LogP contribution in [0.2, 0.25) is 0 Å². The minimum Gasteiger partial charge on any atom is -0.464 e. The number of hydrogen-bond acceptors (Lipinski definition) is 3. The van der Waals surface area contributed by atoms with Gasteiger partial charge in [0.15, 0.2) is 18.8 Å². The first-order valence-electron chi connectivity index (χ1n) is 9.71. The molecule has 0 amide bonds. The summed E-state index contributed by atoms with van der Waals surface area (Å²) in [6.45, 7) is 5.36. The highest BCUT2D eigenvalue weighted by Crippen LogP contribution is 2.09. The molecule has 0 aromatic heterocycles. The molecule has 0 atom stereocenters. The molecule has 0 fully saturated rings. The van der Waals surface area contributed by atoms with Crippen LogP contribution in [0, 0.1) is 0 Å². The van der Waals surface area contributed by atoms with Crippen molar-refractivity contribution in [2.45, 2.75) is 97.3 Å². The standard InChI is InChI=1S/C20H38O3/c1-3-5-7-9-10-11-12-14-16-20(18-21)23-19-22-17-15-13-8-6-4-2/h16,18H,3-15,17,19H2,1-2H3/b20-16+. The van der Waals surface area contributed by atoms with Crippen LogP contribution in [-0.4, -0.2) is 19.7 Å². The maximum atomic E-state index is 10.9. The van der Waals surface area contributed by atoms with Crippen LogP contribution in [-0.2, 0) is 14.3 Å². The van der Waals surface area contributed by atoms with Crippen molar-refractivity contribution in [2.75, 3.05) is 13.4 Å². The molecule has 3 nitrogen and oxygen atoms in total. The van der Waals surface area contributed by atoms with E-state index in [9.17, 15) is 4.79 Å². The maximum Gasteiger partial charge on any atom is 0.189 e. The van der Waals surface area contributed by atoms with Gasteiger partial charge in [0, 0.05) is 0 Å². The van der Waals surface area contributed by atoms with Crippen LogP contribution in [0.1, 0.15) is 97.3 Å². The van der Waals surface area contributed by atoms with Crippen molar-refractivity contribution in [3.05, 3.63) is 11.8 Å². The molecule has 0 bridgehead atoms. The van der Waals surface area contributed by atoms with Gasteiger partial charge in [0.2, 0.25) is 0 Å². The summed E-state index contributed by atoms with van der Waals surface area (Å²) in [4.78, 5) is 10.9. The average molecular weight is 327 g/mol. The van der Waals surface area contributed by atoms with E-state index < -0.39 is 0 Å². The fraction of sp³-hybridized carbons (Fsp3) is 0.850. The summed E-state index contributed by atoms with van der Waals surface area (Å²) in [5.74, 6) is 0.418. The molecule has 23 heavy (non-hydrogen) atoms. The number of allylic oxidation sites excluding steroid dienone is 2. The highest BCUT2D eigenvalue weighted by atomic mass is 16.7. The summed E-state index contributed by atoms with van der Waals surface area (Å²) in [5.41, 5.74) is 0. The van der Waals surface area contributed by atoms with Gasteiger partial charge in [-0.3, -0.25) is 4.79 Å². The van der Waals surface area contributed by atoms with Crippen LogP contribution in [0.4, 0.5) is 0 Å². The van der Waals surface area contributed by atoms with Crippen molar-refractivity contribution in [3.8, 4) is 0 Å². The molecule has 136 valence electrons. The number of unbranched alkanes of at least 4 members (excludes halogenated alkanes) is 11. The maximum absolute atomic E-state index is 10.9. The third-order valence-electron chi connectivity index (χ3n) is 3.97. The minimum atomic E-state index is 0.190. The molecule has 0 radical (unpaired) electrons. The SMILES string of the molecule is CCCCCCCCC/C=C(\C=O)OCOCCCCCCC. The van der Waals surface area contributed by atoms with Crippen LogP contribution in [0.3, 0.4) is 0 Å². The van der Waals surface area contributed by atoms with Crippen LogP contribution >= 0.6 is 0 Å². The molecular formula is C20H38O3. The molecule has 0 N–H and O–H groups in total. The third-order valence-corrected chi connectivity index (χ3v) is 3.97. The molecule has 0 rings (SSSR count). The molecular weight excluding hydrogens is 288 g/mol. The molecule has 0 saturated carbocycles. The van der Waals surface area contributed by atoms with Gasteiger partial charge in [-0.25, -0.2) is 0 Å². The van der Waals surface area contributed by atoms with Gasteiger partial charge in [-0.05, 0) is 25.3 Å². The van der Waals surface area contributed by atoms with Crippen molar-refractivity contribution < 1.29 is 14.3 Å². The summed E-state index contributed by atoms with van der Waals surface area (Å²) in [5, 5.41) is 0. The summed E-state index contributed by atoms with van der Waals surface area (Å²) in [7, 11) is 0. The minimum absolute atomic E-state index is 0.190. The normalized spacial score (nSPS) is 11.7. The highest BCUT2D eigenvalue weighted by molar-refractivity contribution is 5.69. The molecule has 3 heteroatoms. The summed E-state index contributed by atoms with van der Waals surface area (Å²) >= 11 is 0. The molecule has 0 heterocycles. The molecule has 0 aliphatic heterocycles. The monoisotopic (exact) mass is 326 g/mol. The Bertz CT molecular complexity index is 274. The topological polar surface area (TPSA) is 35.5 Å². The second-order valence-corrected chi connectivity index (χ2v) is 6.22. The van der Waals surface area contributed by atoms with Gasteiger partial charge in [-0.1, -0.05) is 78.1 Å². The zero-order valence-corrected chi connectivity index (χ0v) is 15.5. The van der Waals surface area contributed by atoms with Crippen LogP contribution in [0.15, 0.2) is 11.8 Å². The molecule has 0 unspecified atom stereocenters. The summed E-state index contributed by atoms with van der Waals surface area (Å²) in [6.07, 6.45) is 18.7. The van der Waals surface area contributed by atoms with Crippen molar-refractivity contribution in [1.29, 1.82) is 0 Å². The Morgan fingerprint density at radius 1 is 0.783 bits per heavy atom. The van der Waals surface area contributed by atoms with E-state index in [1.54, 1.807) is 0 Å². The van der Waals surface area contributed by atoms with E-state index in [1.807, 2.05) is 6.08 Å². The predicted molar refractivity (Wildman–Crippen MR) is 97.4 cm³/mol. The Morgan fingerprint density at radius 3 is 1.96 bits per heavy atom. The predicted octanol–water partition coefficient (Wildman–Crippen LogP) is 6.17. The Morgan fingerprint density at radius 2 is 1.35 bits per heavy atom. The molecule has 0 aliphatic carbocycles. The first-order valence-corrected chi connectivity index (χ1v) is 9.71. The second-order valence-electron chi connectivity index (χ2n) is 6.22. The van der Waals surface area contributed by atoms with Crippen LogP contribution in [0.25, 0.3) is 0 Å². The van der Waals surface area contributed by atoms with Crippen molar-refractivity contribution >= 4 is 6.29 Å². The Hall–Kier alpha value is -0.830. The smallest absolute Gasteiger partial charge is 0.189 e. The van der Waals surface area contributed by atoms with Gasteiger partial charge in [-0.2, -0.15) is 0 Å². The zero-order valence-electron chi connectivity index (χ0n) is 15.5. The fourth-order valence-electron chi connectivity index (χ4n) is 2.46. The highest BCUT2D eigenvalue weighted by Gasteiger charge is 1.97. The fourth-order valence-corrected chi connectivity index (χ4v) is 2.46. The molecule has 0 spiro atoms. The lowest BCUT2D eigenvalue weighted by molar-refractivity contribution is -0.111. The lowest BCUT2D eigenvalue weighted by atomic mass is 10.1. The Kier molecular flexibility index (Phi) is 18.5. The van der Waals surface area contributed by atoms with Gasteiger partial charge < -0.3 is 9.47 Å². The van der Waals surface area contributed by atoms with Gasteiger partial charge in [0.05, 0.1) is 6.61 Å². The van der Waals surface area contributed by atoms with Crippen LogP contribution < -0.4 is 0 Å². The van der Waals surface area contributed by atoms with Crippen molar-refractivity contribution in [1.82, 2.24) is 0 Å². The van der Waals surface area contributed by atoms with Gasteiger partial charge in [0.1, 0.15) is 0 Å². The lowest BCUT2D eigenvalue weighted by Gasteiger charge is -2.07. The number of ether oxygens (including phenoxy) is 2. The number of carbonyl (C=O) groups excluding carboxylic acids is 1. The number of rotatable bonds is 18. The number of hydrogen-bond donors (Lipinski definition) is 0. The quantitative estimate of drug-likeness (QED) is 0.0993. The van der Waals surface area contributed by atoms with Crippen LogP contribution in [0.5, 0.6) is 0 Å². The van der Waals surface area contributed by atoms with Gasteiger partial charge >= 0.3 is 0 Å². The molecule has 0 aliphatic rings. The zero-order chi connectivity index (χ0) is 17.0. The van der Waals surface area contributed by atoms with E-state index in [0.29, 0.717) is 12.4 Å². The first kappa shape index (κ1) is 22.2.